The summed E-state index contributed by atoms with van der Waals surface area (Å²) in [7, 11) is 14.9. The Morgan fingerprint density at radius 2 is 0.702 bits per heavy atom. The van der Waals surface area contributed by atoms with Gasteiger partial charge in [0.2, 0.25) is 0 Å². The van der Waals surface area contributed by atoms with Crippen molar-refractivity contribution in [3.63, 3.8) is 0 Å². The van der Waals surface area contributed by atoms with Crippen molar-refractivity contribution < 1.29 is 127 Å². The number of hydrogen-bond acceptors (Lipinski definition) is 11. The molecule has 0 unspecified atom stereocenters. The number of aromatic nitrogens is 1. The molecule has 0 saturated heterocycles. The molecule has 104 heavy (non-hydrogen) atoms. The van der Waals surface area contributed by atoms with Crippen LogP contribution in [0.25, 0.3) is 32.4 Å². The van der Waals surface area contributed by atoms with E-state index >= 15 is 0 Å². The van der Waals surface area contributed by atoms with Gasteiger partial charge >= 0.3 is 129 Å². The first-order valence-corrected chi connectivity index (χ1v) is 35.5. The molecule has 1 aromatic heterocycles. The number of hydrogen-bond donors (Lipinski definition) is 5. The van der Waals surface area contributed by atoms with Crippen LogP contribution in [-0.2, 0) is 102 Å². The van der Waals surface area contributed by atoms with Crippen molar-refractivity contribution in [2.75, 3.05) is 0 Å². The zero-order valence-electron chi connectivity index (χ0n) is 60.0. The average molecular weight is 1620 g/mol. The van der Waals surface area contributed by atoms with E-state index in [0.29, 0.717) is 5.56 Å². The quantitative estimate of drug-likeness (QED) is 0.0517. The van der Waals surface area contributed by atoms with Gasteiger partial charge in [-0.3, -0.25) is 29.9 Å². The van der Waals surface area contributed by atoms with Gasteiger partial charge < -0.3 is 84.9 Å². The summed E-state index contributed by atoms with van der Waals surface area (Å²) in [4.78, 5) is 26.3. The van der Waals surface area contributed by atoms with Gasteiger partial charge in [0.15, 0.2) is 0 Å². The van der Waals surface area contributed by atoms with Crippen LogP contribution in [0.4, 0.5) is 22.7 Å². The molecular weight excluding hydrogens is 1530 g/mol. The summed E-state index contributed by atoms with van der Waals surface area (Å²) in [6, 6.07) is 83.4. The third-order valence-electron chi connectivity index (χ3n) is 13.7. The summed E-state index contributed by atoms with van der Waals surface area (Å²) < 4.78 is 0. The van der Waals surface area contributed by atoms with Gasteiger partial charge in [-0.25, -0.2) is 0 Å². The van der Waals surface area contributed by atoms with E-state index in [1.807, 2.05) is 200 Å². The summed E-state index contributed by atoms with van der Waals surface area (Å²) >= 11 is -1.92. The molecule has 0 bridgehead atoms. The molecule has 11 nitrogen and oxygen atoms in total. The Labute approximate surface area is 696 Å². The maximum absolute atomic E-state index is 10.00. The fourth-order valence-electron chi connectivity index (χ4n) is 9.00. The number of nitrogens with zero attached hydrogens (tertiary/aromatic N) is 6. The van der Waals surface area contributed by atoms with Crippen molar-refractivity contribution in [1.82, 2.24) is 4.98 Å². The van der Waals surface area contributed by atoms with Crippen molar-refractivity contribution in [2.45, 2.75) is 19.8 Å². The predicted octanol–water partition coefficient (Wildman–Crippen LogP) is 24.5. The molecule has 11 aromatic carbocycles. The Hall–Kier alpha value is -7.38. The summed E-state index contributed by atoms with van der Waals surface area (Å²) in [6.07, 6.45) is 16.5. The van der Waals surface area contributed by atoms with E-state index < -0.39 is 14.7 Å². The molecule has 0 saturated carbocycles. The maximum atomic E-state index is 10.00. The summed E-state index contributed by atoms with van der Waals surface area (Å²) in [6.45, 7) is 2.06. The van der Waals surface area contributed by atoms with Gasteiger partial charge in [0.1, 0.15) is 28.7 Å². The van der Waals surface area contributed by atoms with Crippen molar-refractivity contribution >= 4 is 114 Å². The fraction of sp³-hybridized carbons (Fsp3) is 0.0353. The predicted molar refractivity (Wildman–Crippen MR) is 433 cm³/mol. The summed E-state index contributed by atoms with van der Waals surface area (Å²) in [5.41, 5.74) is 10.3. The molecule has 12 aromatic rings. The monoisotopic (exact) mass is 1620 g/mol. The van der Waals surface area contributed by atoms with E-state index in [-0.39, 0.29) is 175 Å². The number of aliphatic imine (C=N–C) groups is 5. The Morgan fingerprint density at radius 3 is 1.17 bits per heavy atom. The van der Waals surface area contributed by atoms with E-state index in [0.717, 1.165) is 96.0 Å². The van der Waals surface area contributed by atoms with E-state index in [4.69, 9.17) is 27.9 Å². The minimum atomic E-state index is -1.92. The third-order valence-corrected chi connectivity index (χ3v) is 13.7. The zero-order valence-corrected chi connectivity index (χ0v) is 70.1. The van der Waals surface area contributed by atoms with Crippen LogP contribution in [-0.4, -0.2) is 61.6 Å². The number of benzene rings is 11. The molecule has 0 fully saturated rings. The first kappa shape index (κ1) is 105. The topological polar surface area (TPSA) is 176 Å². The zero-order chi connectivity index (χ0) is 64.7. The smallest absolute Gasteiger partial charge is 2.00 e. The number of para-hydroxylation sites is 7. The molecule has 0 atom stereocenters. The van der Waals surface area contributed by atoms with Crippen LogP contribution < -0.4 is 0 Å². The Bertz CT molecular complexity index is 4440. The number of allylic oxidation sites excluding steroid dienone is 4. The van der Waals surface area contributed by atoms with Gasteiger partial charge in [0, 0.05) is 81.6 Å². The van der Waals surface area contributed by atoms with Crippen molar-refractivity contribution in [3.8, 4) is 28.7 Å². The van der Waals surface area contributed by atoms with Crippen molar-refractivity contribution in [1.29, 1.82) is 0 Å². The maximum Gasteiger partial charge on any atom is 2.00 e. The molecular formula is C85H88Cl3N6O5Ti5. The minimum Gasteiger partial charge on any atom is 2.00 e. The molecule has 13 rings (SSSR count). The van der Waals surface area contributed by atoms with Crippen LogP contribution in [0, 0.1) is 59.4 Å². The summed E-state index contributed by atoms with van der Waals surface area (Å²) in [5.74, 6) is 1.23. The van der Waals surface area contributed by atoms with E-state index in [1.165, 1.54) is 5.57 Å². The largest absolute Gasteiger partial charge is 2.00 e. The molecule has 1 heterocycles. The second-order valence-corrected chi connectivity index (χ2v) is 27.8. The van der Waals surface area contributed by atoms with Crippen LogP contribution >= 0.6 is 27.9 Å². The Kier molecular flexibility index (Phi) is 58.6. The molecule has 529 valence electrons. The van der Waals surface area contributed by atoms with Crippen molar-refractivity contribution in [2.24, 2.45) is 25.0 Å². The van der Waals surface area contributed by atoms with E-state index in [1.54, 1.807) is 91.9 Å². The minimum absolute atomic E-state index is 0. The van der Waals surface area contributed by atoms with Crippen LogP contribution in [0.15, 0.2) is 322 Å². The standard InChI is InChI=1S/2C17H13NO.C16H12N2O.C14H15NO.C13H11NO.8CH3.3ClH.5Ti/c19-17-11-4-2-7-14(17)12-18-16-10-5-8-13-6-1-3-9-15(13)16;19-17-11-10-13-6-4-5-9-15(13)16(17)12-18-14-7-2-1-3-8-14;19-15-9-2-1-5-13(15)11-18-14-8-3-6-12-7-4-10-17-16(12)14;1-11-6-2-4-8-13(11)15-10-12-7-3-5-9-14(12)16;15-13-9-5-4-6-11(13)10-14-12-7-2-1-3-8-12;;;;;;;;;;;;;;;;/h2*1-12,19H;1-11,19H;2-3,5-7,9-10,16H,4,8H2,1H3;1-10,15H;8*1H3;3*1H;;;;;/q;;;;;8*-1;;;;4*+2;+3/p-3. The van der Waals surface area contributed by atoms with Crippen LogP contribution in [0.1, 0.15) is 47.6 Å². The molecule has 1 aliphatic carbocycles. The number of pyridine rings is 1. The molecule has 1 aliphatic rings. The first-order chi connectivity index (χ1) is 44.9. The van der Waals surface area contributed by atoms with Crippen LogP contribution in [0.2, 0.25) is 0 Å². The average Bonchev–Trinajstić information content (AvgIpc) is 0.828. The fourth-order valence-corrected chi connectivity index (χ4v) is 9.00. The Morgan fingerprint density at radius 1 is 0.346 bits per heavy atom. The number of fused-ring (bicyclic) bond motifs is 3. The SMILES string of the molecule is CC1=C(N=Cc2ccccc2O)CCC=C1.Oc1ccc2ccccc2c1C=Nc1ccccc1.Oc1ccccc1C=Nc1cccc2ccccc12.Oc1ccccc1C=Nc1cccc2cccnc12.Oc1ccccc1C=Nc1ccccc1.[CH3-].[CH3-].[CH3-].[CH3-].[CH3-].[CH3-].[CH3-].[CH3-].[Cl][Ti]([Cl])[Cl].[Ti+2].[Ti+2].[Ti+2].[Ti+2]. The second-order valence-electron chi connectivity index (χ2n) is 20.1. The molecule has 0 aliphatic heterocycles. The number of rotatable bonds is 10. The van der Waals surface area contributed by atoms with Gasteiger partial charge in [-0.2, -0.15) is 0 Å². The third kappa shape index (κ3) is 34.7. The second kappa shape index (κ2) is 57.9. The number of phenolic OH excluding ortho intramolecular Hbond substituents is 5. The first-order valence-electron chi connectivity index (χ1n) is 29.0. The van der Waals surface area contributed by atoms with Crippen LogP contribution in [0.3, 0.4) is 0 Å². The molecule has 0 radical (unpaired) electrons. The molecule has 0 amide bonds. The number of phenols is 5. The van der Waals surface area contributed by atoms with Gasteiger partial charge in [-0.1, -0.05) is 182 Å². The number of halogens is 3. The Balaban J connectivity index is -0.000000378. The van der Waals surface area contributed by atoms with E-state index in [2.05, 4.69) is 61.2 Å². The van der Waals surface area contributed by atoms with Gasteiger partial charge in [0.25, 0.3) is 0 Å². The summed E-state index contributed by atoms with van der Waals surface area (Å²) in [5, 5.41) is 53.9. The van der Waals surface area contributed by atoms with Gasteiger partial charge in [-0.15, -0.1) is 0 Å². The van der Waals surface area contributed by atoms with Crippen molar-refractivity contribution in [3.05, 3.63) is 384 Å². The molecule has 0 spiro atoms. The molecule has 5 N–H and O–H groups in total. The normalized spacial score (nSPS) is 10.4. The van der Waals surface area contributed by atoms with E-state index in [9.17, 15) is 25.5 Å². The number of aromatic hydroxyl groups is 5. The van der Waals surface area contributed by atoms with Gasteiger partial charge in [-0.05, 0) is 139 Å². The van der Waals surface area contributed by atoms with Crippen LogP contribution in [0.5, 0.6) is 28.7 Å². The molecule has 19 heteroatoms. The van der Waals surface area contributed by atoms with Gasteiger partial charge in [0.05, 0.1) is 28.3 Å².